The molecular formula is C12H12F4O. The van der Waals surface area contributed by atoms with Crippen molar-refractivity contribution < 1.29 is 22.3 Å². The van der Waals surface area contributed by atoms with Crippen LogP contribution in [0.15, 0.2) is 18.2 Å². The van der Waals surface area contributed by atoms with Gasteiger partial charge in [0, 0.05) is 6.07 Å². The third kappa shape index (κ3) is 3.47. The Bertz CT molecular complexity index is 389. The second-order valence-corrected chi connectivity index (χ2v) is 3.37. The highest BCUT2D eigenvalue weighted by Gasteiger charge is 2.19. The fraction of sp³-hybridized carbons (Fsp3) is 0.333. The molecule has 0 atom stereocenters. The molecular weight excluding hydrogens is 236 g/mol. The van der Waals surface area contributed by atoms with Crippen molar-refractivity contribution in [3.05, 3.63) is 41.5 Å². The van der Waals surface area contributed by atoms with E-state index in [0.29, 0.717) is 0 Å². The van der Waals surface area contributed by atoms with Crippen molar-refractivity contribution in [3.8, 4) is 5.75 Å². The topological polar surface area (TPSA) is 9.23 Å². The van der Waals surface area contributed by atoms with Gasteiger partial charge in [-0.15, -0.1) is 0 Å². The summed E-state index contributed by atoms with van der Waals surface area (Å²) in [6.07, 6.45) is 5.01. The van der Waals surface area contributed by atoms with Gasteiger partial charge >= 0.3 is 0 Å². The van der Waals surface area contributed by atoms with Crippen LogP contribution in [0.2, 0.25) is 0 Å². The minimum absolute atomic E-state index is 0.142. The van der Waals surface area contributed by atoms with Crippen LogP contribution in [-0.2, 0) is 0 Å². The van der Waals surface area contributed by atoms with E-state index in [4.69, 9.17) is 0 Å². The van der Waals surface area contributed by atoms with E-state index in [-0.39, 0.29) is 12.7 Å². The van der Waals surface area contributed by atoms with Gasteiger partial charge in [0.05, 0.1) is 0 Å². The van der Waals surface area contributed by atoms with Gasteiger partial charge in [0.2, 0.25) is 11.6 Å². The van der Waals surface area contributed by atoms with Crippen LogP contribution in [-0.4, -0.2) is 6.61 Å². The van der Waals surface area contributed by atoms with E-state index in [0.717, 1.165) is 12.8 Å². The zero-order chi connectivity index (χ0) is 12.8. The fourth-order valence-corrected chi connectivity index (χ4v) is 1.16. The molecule has 94 valence electrons. The van der Waals surface area contributed by atoms with Crippen molar-refractivity contribution in [3.63, 3.8) is 0 Å². The summed E-state index contributed by atoms with van der Waals surface area (Å²) >= 11 is 0. The molecule has 1 aromatic rings. The van der Waals surface area contributed by atoms with E-state index >= 15 is 0 Å². The quantitative estimate of drug-likeness (QED) is 0.435. The highest BCUT2D eigenvalue weighted by molar-refractivity contribution is 5.28. The molecule has 5 heteroatoms. The first-order valence-electron chi connectivity index (χ1n) is 5.18. The highest BCUT2D eigenvalue weighted by atomic mass is 19.2. The first kappa shape index (κ1) is 13.5. The zero-order valence-corrected chi connectivity index (χ0v) is 9.27. The molecule has 0 saturated heterocycles. The molecule has 0 fully saturated rings. The van der Waals surface area contributed by atoms with Crippen LogP contribution in [0.25, 0.3) is 0 Å². The summed E-state index contributed by atoms with van der Waals surface area (Å²) in [6.45, 7) is 1.82. The Morgan fingerprint density at radius 2 is 1.65 bits per heavy atom. The number of unbranched alkanes of at least 4 members (excludes halogenated alkanes) is 1. The normalized spacial score (nSPS) is 11.1. The lowest BCUT2D eigenvalue weighted by atomic mass is 10.3. The van der Waals surface area contributed by atoms with Crippen LogP contribution in [0.4, 0.5) is 17.6 Å². The predicted molar refractivity (Wildman–Crippen MR) is 55.8 cm³/mol. The Labute approximate surface area is 96.7 Å². The summed E-state index contributed by atoms with van der Waals surface area (Å²) in [5.74, 6) is -7.02. The van der Waals surface area contributed by atoms with Gasteiger partial charge in [0.15, 0.2) is 17.4 Å². The van der Waals surface area contributed by atoms with Crippen LogP contribution in [0.5, 0.6) is 5.75 Å². The molecule has 0 aliphatic rings. The summed E-state index contributed by atoms with van der Waals surface area (Å²) in [7, 11) is 0. The van der Waals surface area contributed by atoms with Crippen LogP contribution in [0.1, 0.15) is 19.8 Å². The number of benzene rings is 1. The van der Waals surface area contributed by atoms with Crippen molar-refractivity contribution in [2.24, 2.45) is 0 Å². The van der Waals surface area contributed by atoms with E-state index in [1.54, 1.807) is 6.08 Å². The number of allylic oxidation sites excluding steroid dienone is 1. The van der Waals surface area contributed by atoms with Gasteiger partial charge in [-0.25, -0.2) is 8.78 Å². The first-order chi connectivity index (χ1) is 8.07. The van der Waals surface area contributed by atoms with Gasteiger partial charge in [-0.3, -0.25) is 0 Å². The molecule has 0 aliphatic carbocycles. The van der Waals surface area contributed by atoms with Gasteiger partial charge in [0.1, 0.15) is 6.61 Å². The monoisotopic (exact) mass is 248 g/mol. The third-order valence-electron chi connectivity index (χ3n) is 2.02. The Hall–Kier alpha value is -1.52. The van der Waals surface area contributed by atoms with Crippen LogP contribution >= 0.6 is 0 Å². The molecule has 0 heterocycles. The van der Waals surface area contributed by atoms with Gasteiger partial charge in [-0.1, -0.05) is 25.5 Å². The molecule has 1 aromatic carbocycles. The lowest BCUT2D eigenvalue weighted by Crippen LogP contribution is -2.03. The number of rotatable bonds is 5. The maximum atomic E-state index is 13.1. The second kappa shape index (κ2) is 6.27. The van der Waals surface area contributed by atoms with E-state index in [2.05, 4.69) is 4.74 Å². The van der Waals surface area contributed by atoms with E-state index in [1.165, 1.54) is 6.08 Å². The summed E-state index contributed by atoms with van der Waals surface area (Å²) in [6, 6.07) is 0.143. The molecule has 1 nitrogen and oxygen atoms in total. The fourth-order valence-electron chi connectivity index (χ4n) is 1.16. The van der Waals surface area contributed by atoms with Gasteiger partial charge in [-0.05, 0) is 6.42 Å². The average molecular weight is 248 g/mol. The molecule has 1 rings (SSSR count). The SMILES string of the molecule is CCC/C=C/COc1c(F)c(F)cc(F)c1F. The average Bonchev–Trinajstić information content (AvgIpc) is 2.30. The second-order valence-electron chi connectivity index (χ2n) is 3.37. The lowest BCUT2D eigenvalue weighted by Gasteiger charge is -2.07. The summed E-state index contributed by atoms with van der Waals surface area (Å²) < 4.78 is 56.4. The van der Waals surface area contributed by atoms with Crippen molar-refractivity contribution in [2.75, 3.05) is 6.61 Å². The van der Waals surface area contributed by atoms with Crippen molar-refractivity contribution in [2.45, 2.75) is 19.8 Å². The Morgan fingerprint density at radius 1 is 1.06 bits per heavy atom. The van der Waals surface area contributed by atoms with Gasteiger partial charge in [0.25, 0.3) is 0 Å². The van der Waals surface area contributed by atoms with Gasteiger partial charge in [-0.2, -0.15) is 8.78 Å². The van der Waals surface area contributed by atoms with Crippen LogP contribution in [0.3, 0.4) is 0 Å². The number of hydrogen-bond acceptors (Lipinski definition) is 1. The molecule has 0 bridgehead atoms. The number of hydrogen-bond donors (Lipinski definition) is 0. The Morgan fingerprint density at radius 3 is 2.18 bits per heavy atom. The maximum Gasteiger partial charge on any atom is 0.203 e. The highest BCUT2D eigenvalue weighted by Crippen LogP contribution is 2.26. The Kier molecular flexibility index (Phi) is 5.00. The maximum absolute atomic E-state index is 13.1. The molecule has 0 amide bonds. The first-order valence-corrected chi connectivity index (χ1v) is 5.18. The molecule has 0 aromatic heterocycles. The molecule has 0 aliphatic heterocycles. The minimum Gasteiger partial charge on any atom is -0.483 e. The molecule has 0 N–H and O–H groups in total. The lowest BCUT2D eigenvalue weighted by molar-refractivity contribution is 0.301. The third-order valence-corrected chi connectivity index (χ3v) is 2.02. The standard InChI is InChI=1S/C12H12F4O/c1-2-3-4-5-6-17-12-10(15)8(13)7-9(14)11(12)16/h4-5,7H,2-3,6H2,1H3/b5-4+. The van der Waals surface area contributed by atoms with Crippen molar-refractivity contribution in [1.29, 1.82) is 0 Å². The van der Waals surface area contributed by atoms with E-state index in [1.807, 2.05) is 6.92 Å². The minimum atomic E-state index is -1.52. The van der Waals surface area contributed by atoms with E-state index in [9.17, 15) is 17.6 Å². The summed E-state index contributed by atoms with van der Waals surface area (Å²) in [4.78, 5) is 0. The van der Waals surface area contributed by atoms with Crippen molar-refractivity contribution in [1.82, 2.24) is 0 Å². The van der Waals surface area contributed by atoms with Crippen LogP contribution < -0.4 is 4.74 Å². The van der Waals surface area contributed by atoms with Crippen molar-refractivity contribution >= 4 is 0 Å². The zero-order valence-electron chi connectivity index (χ0n) is 9.27. The number of halogens is 4. The summed E-state index contributed by atoms with van der Waals surface area (Å²) in [5, 5.41) is 0. The number of ether oxygens (including phenoxy) is 1. The molecule has 0 saturated carbocycles. The largest absolute Gasteiger partial charge is 0.483 e. The van der Waals surface area contributed by atoms with Crippen LogP contribution in [0, 0.1) is 23.3 Å². The molecule has 17 heavy (non-hydrogen) atoms. The molecule has 0 spiro atoms. The Balaban J connectivity index is 2.77. The van der Waals surface area contributed by atoms with Gasteiger partial charge < -0.3 is 4.74 Å². The van der Waals surface area contributed by atoms with E-state index < -0.39 is 29.0 Å². The molecule has 0 unspecified atom stereocenters. The summed E-state index contributed by atoms with van der Waals surface area (Å²) in [5.41, 5.74) is 0. The smallest absolute Gasteiger partial charge is 0.203 e. The molecule has 0 radical (unpaired) electrons. The predicted octanol–water partition coefficient (Wildman–Crippen LogP) is 3.98.